The quantitative estimate of drug-likeness (QED) is 0.671. The van der Waals surface area contributed by atoms with Gasteiger partial charge >= 0.3 is 0 Å². The number of hydrogen-bond acceptors (Lipinski definition) is 5. The van der Waals surface area contributed by atoms with Gasteiger partial charge < -0.3 is 10.6 Å². The summed E-state index contributed by atoms with van der Waals surface area (Å²) in [4.78, 5) is 22.3. The van der Waals surface area contributed by atoms with Crippen LogP contribution in [0.3, 0.4) is 0 Å². The summed E-state index contributed by atoms with van der Waals surface area (Å²) in [5, 5.41) is 9.26. The number of thiophene rings is 1. The zero-order valence-electron chi connectivity index (χ0n) is 14.5. The number of para-hydroxylation sites is 1. The minimum Gasteiger partial charge on any atom is -0.369 e. The predicted octanol–water partition coefficient (Wildman–Crippen LogP) is 4.08. The number of benzene rings is 1. The molecular weight excluding hydrogens is 332 g/mol. The Labute approximate surface area is 151 Å². The number of aromatic nitrogens is 2. The molecule has 130 valence electrons. The lowest BCUT2D eigenvalue weighted by molar-refractivity contribution is -0.121. The first-order valence-corrected chi connectivity index (χ1v) is 9.39. The first kappa shape index (κ1) is 17.4. The zero-order chi connectivity index (χ0) is 17.6. The number of fused-ring (bicyclic) bond motifs is 1. The van der Waals surface area contributed by atoms with Crippen molar-refractivity contribution in [3.8, 4) is 10.7 Å². The van der Waals surface area contributed by atoms with Crippen LogP contribution in [0.4, 0.5) is 5.82 Å². The van der Waals surface area contributed by atoms with Crippen molar-refractivity contribution >= 4 is 34.0 Å². The summed E-state index contributed by atoms with van der Waals surface area (Å²) in [6.07, 6.45) is 1.34. The molecule has 0 aliphatic rings. The molecule has 1 atom stereocenters. The maximum atomic E-state index is 11.9. The van der Waals surface area contributed by atoms with Crippen molar-refractivity contribution in [1.29, 1.82) is 0 Å². The summed E-state index contributed by atoms with van der Waals surface area (Å²) in [7, 11) is 0. The lowest BCUT2D eigenvalue weighted by Crippen LogP contribution is -2.33. The summed E-state index contributed by atoms with van der Waals surface area (Å²) in [6, 6.07) is 12.1. The fraction of sp³-hybridized carbons (Fsp3) is 0.316. The van der Waals surface area contributed by atoms with Gasteiger partial charge in [0.25, 0.3) is 0 Å². The van der Waals surface area contributed by atoms with E-state index in [0.717, 1.165) is 28.0 Å². The Balaban J connectivity index is 1.77. The molecule has 5 nitrogen and oxygen atoms in total. The Morgan fingerprint density at radius 1 is 1.20 bits per heavy atom. The highest BCUT2D eigenvalue weighted by Crippen LogP contribution is 2.27. The van der Waals surface area contributed by atoms with E-state index in [1.54, 1.807) is 11.3 Å². The third-order valence-corrected chi connectivity index (χ3v) is 4.87. The second-order valence-electron chi connectivity index (χ2n) is 5.94. The van der Waals surface area contributed by atoms with E-state index in [9.17, 15) is 4.79 Å². The minimum absolute atomic E-state index is 0.0543. The molecule has 1 amide bonds. The van der Waals surface area contributed by atoms with Gasteiger partial charge in [-0.2, -0.15) is 0 Å². The molecule has 0 fully saturated rings. The van der Waals surface area contributed by atoms with Gasteiger partial charge in [0.1, 0.15) is 5.82 Å². The van der Waals surface area contributed by atoms with Crippen LogP contribution in [0.15, 0.2) is 41.8 Å². The van der Waals surface area contributed by atoms with Crippen LogP contribution >= 0.6 is 11.3 Å². The second kappa shape index (κ2) is 8.07. The molecule has 0 spiro atoms. The van der Waals surface area contributed by atoms with Crippen LogP contribution in [0.2, 0.25) is 0 Å². The van der Waals surface area contributed by atoms with E-state index in [1.807, 2.05) is 48.7 Å². The van der Waals surface area contributed by atoms with E-state index in [2.05, 4.69) is 27.5 Å². The van der Waals surface area contributed by atoms with Crippen molar-refractivity contribution in [3.63, 3.8) is 0 Å². The van der Waals surface area contributed by atoms with Crippen molar-refractivity contribution in [3.05, 3.63) is 41.8 Å². The first-order chi connectivity index (χ1) is 12.2. The van der Waals surface area contributed by atoms with Crippen molar-refractivity contribution in [2.24, 2.45) is 0 Å². The highest BCUT2D eigenvalue weighted by atomic mass is 32.1. The third-order valence-electron chi connectivity index (χ3n) is 4.01. The van der Waals surface area contributed by atoms with Crippen molar-refractivity contribution in [2.45, 2.75) is 32.7 Å². The first-order valence-electron chi connectivity index (χ1n) is 8.51. The Hall–Kier alpha value is -2.47. The molecule has 3 aromatic rings. The van der Waals surface area contributed by atoms with Gasteiger partial charge in [-0.05, 0) is 36.9 Å². The average molecular weight is 354 g/mol. The normalized spacial score (nSPS) is 12.1. The van der Waals surface area contributed by atoms with Crippen LogP contribution in [0, 0.1) is 0 Å². The fourth-order valence-corrected chi connectivity index (χ4v) is 3.13. The van der Waals surface area contributed by atoms with Gasteiger partial charge in [0.2, 0.25) is 5.91 Å². The van der Waals surface area contributed by atoms with Crippen LogP contribution < -0.4 is 10.6 Å². The molecule has 3 rings (SSSR count). The summed E-state index contributed by atoms with van der Waals surface area (Å²) in [5.41, 5.74) is 0.896. The largest absolute Gasteiger partial charge is 0.369 e. The standard InChI is InChI=1S/C19H22N4OS/c1-3-13(2)21-17(24)10-11-20-18-14-7-4-5-8-15(14)22-19(23-18)16-9-6-12-25-16/h4-9,12-13H,3,10-11H2,1-2H3,(H,21,24)(H,20,22,23)/t13-/m0/s1. The molecule has 25 heavy (non-hydrogen) atoms. The van der Waals surface area contributed by atoms with E-state index in [4.69, 9.17) is 0 Å². The summed E-state index contributed by atoms with van der Waals surface area (Å²) < 4.78 is 0. The maximum Gasteiger partial charge on any atom is 0.221 e. The van der Waals surface area contributed by atoms with Gasteiger partial charge in [0.15, 0.2) is 5.82 Å². The molecule has 0 aliphatic carbocycles. The number of carbonyl (C=O) groups is 1. The van der Waals surface area contributed by atoms with Crippen LogP contribution in [0.1, 0.15) is 26.7 Å². The molecular formula is C19H22N4OS. The molecule has 2 aromatic heterocycles. The predicted molar refractivity (Wildman–Crippen MR) is 104 cm³/mol. The van der Waals surface area contributed by atoms with E-state index >= 15 is 0 Å². The maximum absolute atomic E-state index is 11.9. The molecule has 0 unspecified atom stereocenters. The monoisotopic (exact) mass is 354 g/mol. The van der Waals surface area contributed by atoms with E-state index in [-0.39, 0.29) is 11.9 Å². The smallest absolute Gasteiger partial charge is 0.221 e. The van der Waals surface area contributed by atoms with E-state index < -0.39 is 0 Å². The number of amides is 1. The van der Waals surface area contributed by atoms with Gasteiger partial charge in [-0.1, -0.05) is 25.1 Å². The fourth-order valence-electron chi connectivity index (χ4n) is 2.47. The van der Waals surface area contributed by atoms with Crippen LogP contribution in [0.5, 0.6) is 0 Å². The van der Waals surface area contributed by atoms with Gasteiger partial charge in [-0.25, -0.2) is 9.97 Å². The molecule has 2 N–H and O–H groups in total. The topological polar surface area (TPSA) is 66.9 Å². The Kier molecular flexibility index (Phi) is 5.60. The zero-order valence-corrected chi connectivity index (χ0v) is 15.3. The second-order valence-corrected chi connectivity index (χ2v) is 6.89. The number of rotatable bonds is 7. The Morgan fingerprint density at radius 2 is 2.04 bits per heavy atom. The van der Waals surface area contributed by atoms with Gasteiger partial charge in [-0.3, -0.25) is 4.79 Å². The van der Waals surface area contributed by atoms with Crippen LogP contribution in [0.25, 0.3) is 21.6 Å². The molecule has 6 heteroatoms. The summed E-state index contributed by atoms with van der Waals surface area (Å²) >= 11 is 1.61. The molecule has 1 aromatic carbocycles. The summed E-state index contributed by atoms with van der Waals surface area (Å²) in [6.45, 7) is 4.60. The lowest BCUT2D eigenvalue weighted by atomic mass is 10.2. The van der Waals surface area contributed by atoms with E-state index in [0.29, 0.717) is 18.8 Å². The average Bonchev–Trinajstić information content (AvgIpc) is 3.16. The highest BCUT2D eigenvalue weighted by Gasteiger charge is 2.11. The van der Waals surface area contributed by atoms with Crippen molar-refractivity contribution < 1.29 is 4.79 Å². The number of nitrogens with one attached hydrogen (secondary N) is 2. The third kappa shape index (κ3) is 4.33. The van der Waals surface area contributed by atoms with Crippen LogP contribution in [-0.2, 0) is 4.79 Å². The lowest BCUT2D eigenvalue weighted by Gasteiger charge is -2.13. The number of carbonyl (C=O) groups excluding carboxylic acids is 1. The molecule has 0 bridgehead atoms. The van der Waals surface area contributed by atoms with Crippen molar-refractivity contribution in [2.75, 3.05) is 11.9 Å². The van der Waals surface area contributed by atoms with Crippen LogP contribution in [-0.4, -0.2) is 28.5 Å². The number of anilines is 1. The Bertz CT molecular complexity index is 848. The van der Waals surface area contributed by atoms with Crippen molar-refractivity contribution in [1.82, 2.24) is 15.3 Å². The summed E-state index contributed by atoms with van der Waals surface area (Å²) in [5.74, 6) is 1.53. The van der Waals surface area contributed by atoms with Gasteiger partial charge in [-0.15, -0.1) is 11.3 Å². The SMILES string of the molecule is CC[C@H](C)NC(=O)CCNc1nc(-c2cccs2)nc2ccccc12. The highest BCUT2D eigenvalue weighted by molar-refractivity contribution is 7.13. The molecule has 0 saturated carbocycles. The Morgan fingerprint density at radius 3 is 2.80 bits per heavy atom. The van der Waals surface area contributed by atoms with Gasteiger partial charge in [0, 0.05) is 24.4 Å². The number of nitrogens with zero attached hydrogens (tertiary/aromatic N) is 2. The molecule has 0 radical (unpaired) electrons. The molecule has 2 heterocycles. The molecule has 0 saturated heterocycles. The molecule has 0 aliphatic heterocycles. The van der Waals surface area contributed by atoms with E-state index in [1.165, 1.54) is 0 Å². The van der Waals surface area contributed by atoms with Gasteiger partial charge in [0.05, 0.1) is 10.4 Å². The number of hydrogen-bond donors (Lipinski definition) is 2. The minimum atomic E-state index is 0.0543.